The van der Waals surface area contributed by atoms with Crippen molar-refractivity contribution >= 4 is 10.9 Å². The fourth-order valence-electron chi connectivity index (χ4n) is 3.95. The standard InChI is InChI=1S/C22H24F2N2/c1-22(23,24)18-11-9-16(10-12-18)15-26-13-5-4-8-21(26)20-14-17-6-2-3-7-19(17)25-20/h2-3,6-7,9-12,14,21,25H,4-5,8,13,15H2,1H3. The zero-order valence-corrected chi connectivity index (χ0v) is 15.0. The van der Waals surface area contributed by atoms with Crippen LogP contribution in [0.2, 0.25) is 0 Å². The maximum Gasteiger partial charge on any atom is 0.270 e. The quantitative estimate of drug-likeness (QED) is 0.608. The van der Waals surface area contributed by atoms with Crippen LogP contribution in [0.5, 0.6) is 0 Å². The number of likely N-dealkylation sites (tertiary alicyclic amines) is 1. The number of benzene rings is 2. The summed E-state index contributed by atoms with van der Waals surface area (Å²) in [6.45, 7) is 2.76. The summed E-state index contributed by atoms with van der Waals surface area (Å²) in [6.07, 6.45) is 3.53. The van der Waals surface area contributed by atoms with Gasteiger partial charge in [-0.25, -0.2) is 8.78 Å². The Bertz CT molecular complexity index is 844. The fourth-order valence-corrected chi connectivity index (χ4v) is 3.95. The van der Waals surface area contributed by atoms with Gasteiger partial charge in [-0.3, -0.25) is 4.90 Å². The minimum absolute atomic E-state index is 0.0760. The van der Waals surface area contributed by atoms with Gasteiger partial charge in [-0.15, -0.1) is 0 Å². The second kappa shape index (κ2) is 6.84. The number of aromatic nitrogens is 1. The number of hydrogen-bond donors (Lipinski definition) is 1. The first-order chi connectivity index (χ1) is 12.5. The molecule has 1 atom stereocenters. The van der Waals surface area contributed by atoms with Crippen LogP contribution in [0.15, 0.2) is 54.6 Å². The van der Waals surface area contributed by atoms with E-state index < -0.39 is 5.92 Å². The summed E-state index contributed by atoms with van der Waals surface area (Å²) >= 11 is 0. The monoisotopic (exact) mass is 354 g/mol. The molecular formula is C22H24F2N2. The molecule has 0 aliphatic carbocycles. The molecule has 1 unspecified atom stereocenters. The molecule has 0 spiro atoms. The van der Waals surface area contributed by atoms with Gasteiger partial charge in [-0.05, 0) is 42.5 Å². The lowest BCUT2D eigenvalue weighted by molar-refractivity contribution is 0.0174. The molecule has 1 fully saturated rings. The number of fused-ring (bicyclic) bond motifs is 1. The Morgan fingerprint density at radius 3 is 2.58 bits per heavy atom. The van der Waals surface area contributed by atoms with Crippen molar-refractivity contribution in [3.05, 3.63) is 71.4 Å². The van der Waals surface area contributed by atoms with Crippen molar-refractivity contribution < 1.29 is 8.78 Å². The van der Waals surface area contributed by atoms with Crippen molar-refractivity contribution in [1.29, 1.82) is 0 Å². The van der Waals surface area contributed by atoms with Gasteiger partial charge in [0.2, 0.25) is 0 Å². The molecule has 2 nitrogen and oxygen atoms in total. The Kier molecular flexibility index (Phi) is 4.53. The molecule has 0 amide bonds. The number of alkyl halides is 2. The number of aromatic amines is 1. The van der Waals surface area contributed by atoms with Crippen molar-refractivity contribution in [1.82, 2.24) is 9.88 Å². The van der Waals surface area contributed by atoms with Crippen LogP contribution in [0.3, 0.4) is 0 Å². The lowest BCUT2D eigenvalue weighted by Crippen LogP contribution is -2.33. The number of rotatable bonds is 4. The van der Waals surface area contributed by atoms with E-state index in [0.717, 1.165) is 32.0 Å². The Hall–Kier alpha value is -2.20. The third kappa shape index (κ3) is 3.51. The van der Waals surface area contributed by atoms with E-state index in [9.17, 15) is 8.78 Å². The van der Waals surface area contributed by atoms with Gasteiger partial charge in [-0.2, -0.15) is 0 Å². The number of H-pyrrole nitrogens is 1. The van der Waals surface area contributed by atoms with Crippen LogP contribution >= 0.6 is 0 Å². The molecule has 1 aromatic heterocycles. The SMILES string of the molecule is CC(F)(F)c1ccc(CN2CCCCC2c2cc3ccccc3[nH]2)cc1. The summed E-state index contributed by atoms with van der Waals surface area (Å²) in [5.74, 6) is -2.78. The molecular weight excluding hydrogens is 330 g/mol. The topological polar surface area (TPSA) is 19.0 Å². The Labute approximate surface area is 152 Å². The summed E-state index contributed by atoms with van der Waals surface area (Å²) < 4.78 is 26.8. The van der Waals surface area contributed by atoms with E-state index >= 15 is 0 Å². The molecule has 4 rings (SSSR count). The Morgan fingerprint density at radius 1 is 1.08 bits per heavy atom. The summed E-state index contributed by atoms with van der Waals surface area (Å²) in [5.41, 5.74) is 3.58. The van der Waals surface area contributed by atoms with Gasteiger partial charge in [-0.1, -0.05) is 48.9 Å². The van der Waals surface area contributed by atoms with Gasteiger partial charge in [0.15, 0.2) is 0 Å². The maximum absolute atomic E-state index is 13.4. The summed E-state index contributed by atoms with van der Waals surface area (Å²) in [5, 5.41) is 1.24. The number of nitrogens with zero attached hydrogens (tertiary/aromatic N) is 1. The van der Waals surface area contributed by atoms with Crippen molar-refractivity contribution in [2.45, 2.75) is 44.7 Å². The molecule has 0 radical (unpaired) electrons. The average molecular weight is 354 g/mol. The first-order valence-electron chi connectivity index (χ1n) is 9.30. The van der Waals surface area contributed by atoms with Gasteiger partial charge < -0.3 is 4.98 Å². The number of piperidine rings is 1. The Morgan fingerprint density at radius 2 is 1.85 bits per heavy atom. The molecule has 1 saturated heterocycles. The van der Waals surface area contributed by atoms with E-state index in [4.69, 9.17) is 0 Å². The van der Waals surface area contributed by atoms with E-state index in [1.54, 1.807) is 12.1 Å². The minimum Gasteiger partial charge on any atom is -0.357 e. The molecule has 2 aromatic carbocycles. The van der Waals surface area contributed by atoms with Crippen LogP contribution in [-0.4, -0.2) is 16.4 Å². The molecule has 136 valence electrons. The molecule has 4 heteroatoms. The van der Waals surface area contributed by atoms with Crippen molar-refractivity contribution in [2.75, 3.05) is 6.54 Å². The lowest BCUT2D eigenvalue weighted by Gasteiger charge is -2.35. The second-order valence-electron chi connectivity index (χ2n) is 7.38. The summed E-state index contributed by atoms with van der Waals surface area (Å²) in [4.78, 5) is 6.03. The third-order valence-electron chi connectivity index (χ3n) is 5.37. The fraction of sp³-hybridized carbons (Fsp3) is 0.364. The van der Waals surface area contributed by atoms with E-state index in [1.165, 1.54) is 29.4 Å². The first-order valence-corrected chi connectivity index (χ1v) is 9.30. The van der Waals surface area contributed by atoms with Crippen LogP contribution in [0.4, 0.5) is 8.78 Å². The largest absolute Gasteiger partial charge is 0.357 e. The highest BCUT2D eigenvalue weighted by Gasteiger charge is 2.26. The molecule has 0 saturated carbocycles. The normalized spacial score (nSPS) is 19.1. The molecule has 26 heavy (non-hydrogen) atoms. The highest BCUT2D eigenvalue weighted by molar-refractivity contribution is 5.80. The van der Waals surface area contributed by atoms with Gasteiger partial charge >= 0.3 is 0 Å². The van der Waals surface area contributed by atoms with Crippen molar-refractivity contribution in [3.63, 3.8) is 0 Å². The lowest BCUT2D eigenvalue weighted by atomic mass is 9.98. The predicted octanol–water partition coefficient (Wildman–Crippen LogP) is 6.01. The number of hydrogen-bond acceptors (Lipinski definition) is 1. The molecule has 3 aromatic rings. The number of para-hydroxylation sites is 1. The van der Waals surface area contributed by atoms with E-state index in [1.807, 2.05) is 18.2 Å². The first kappa shape index (κ1) is 17.2. The van der Waals surface area contributed by atoms with E-state index in [2.05, 4.69) is 34.1 Å². The van der Waals surface area contributed by atoms with Crippen molar-refractivity contribution in [3.8, 4) is 0 Å². The van der Waals surface area contributed by atoms with Gasteiger partial charge in [0.25, 0.3) is 5.92 Å². The van der Waals surface area contributed by atoms with Crippen LogP contribution in [0, 0.1) is 0 Å². The summed E-state index contributed by atoms with van der Waals surface area (Å²) in [6, 6.07) is 17.7. The van der Waals surface area contributed by atoms with Crippen LogP contribution in [0.25, 0.3) is 10.9 Å². The zero-order chi connectivity index (χ0) is 18.1. The van der Waals surface area contributed by atoms with E-state index in [-0.39, 0.29) is 5.56 Å². The average Bonchev–Trinajstić information content (AvgIpc) is 3.06. The smallest absolute Gasteiger partial charge is 0.270 e. The maximum atomic E-state index is 13.4. The summed E-state index contributed by atoms with van der Waals surface area (Å²) in [7, 11) is 0. The number of halogens is 2. The highest BCUT2D eigenvalue weighted by atomic mass is 19.3. The van der Waals surface area contributed by atoms with Crippen molar-refractivity contribution in [2.24, 2.45) is 0 Å². The third-order valence-corrected chi connectivity index (χ3v) is 5.37. The molecule has 1 aliphatic heterocycles. The van der Waals surface area contributed by atoms with Crippen LogP contribution in [0.1, 0.15) is 49.0 Å². The van der Waals surface area contributed by atoms with Crippen LogP contribution in [-0.2, 0) is 12.5 Å². The predicted molar refractivity (Wildman–Crippen MR) is 101 cm³/mol. The zero-order valence-electron chi connectivity index (χ0n) is 15.0. The Balaban J connectivity index is 1.55. The van der Waals surface area contributed by atoms with Gasteiger partial charge in [0, 0.05) is 30.2 Å². The van der Waals surface area contributed by atoms with Gasteiger partial charge in [0.05, 0.1) is 6.04 Å². The molecule has 1 N–H and O–H groups in total. The van der Waals surface area contributed by atoms with Crippen LogP contribution < -0.4 is 0 Å². The second-order valence-corrected chi connectivity index (χ2v) is 7.38. The molecule has 1 aliphatic rings. The van der Waals surface area contributed by atoms with E-state index in [0.29, 0.717) is 6.04 Å². The molecule has 2 heterocycles. The number of nitrogens with one attached hydrogen (secondary N) is 1. The minimum atomic E-state index is -2.78. The molecule has 0 bridgehead atoms. The van der Waals surface area contributed by atoms with Gasteiger partial charge in [0.1, 0.15) is 0 Å². The highest BCUT2D eigenvalue weighted by Crippen LogP contribution is 2.34.